The molecule has 0 bridgehead atoms. The van der Waals surface area contributed by atoms with Crippen molar-refractivity contribution in [1.29, 1.82) is 0 Å². The van der Waals surface area contributed by atoms with Crippen molar-refractivity contribution >= 4 is 5.78 Å². The number of hydrogen-bond acceptors (Lipinski definition) is 2. The lowest BCUT2D eigenvalue weighted by Gasteiger charge is -2.04. The van der Waals surface area contributed by atoms with Gasteiger partial charge in [-0.1, -0.05) is 54.1 Å². The largest absolute Gasteiger partial charge is 0.324 e. The number of Topliss-reactive ketones (excluding diaryl/α,β-unsaturated/α-hetero) is 1. The first-order valence-electron chi connectivity index (χ1n) is 5.61. The van der Waals surface area contributed by atoms with E-state index in [1.165, 1.54) is 5.56 Å². The van der Waals surface area contributed by atoms with Crippen LogP contribution in [0, 0.1) is 6.92 Å². The fraction of sp³-hybridized carbons (Fsp3) is 0.133. The highest BCUT2D eigenvalue weighted by Gasteiger charge is 2.03. The molecule has 0 aliphatic heterocycles. The van der Waals surface area contributed by atoms with E-state index in [4.69, 9.17) is 5.73 Å². The van der Waals surface area contributed by atoms with E-state index in [0.717, 1.165) is 11.1 Å². The molecule has 0 spiro atoms. The van der Waals surface area contributed by atoms with Crippen LogP contribution in [-0.2, 0) is 0 Å². The summed E-state index contributed by atoms with van der Waals surface area (Å²) in [7, 11) is 0. The number of carbonyl (C=O) groups is 1. The first-order chi connectivity index (χ1) is 8.20. The van der Waals surface area contributed by atoms with E-state index in [1.807, 2.05) is 30.3 Å². The molecule has 0 unspecified atom stereocenters. The topological polar surface area (TPSA) is 43.1 Å². The van der Waals surface area contributed by atoms with Crippen LogP contribution in [0.15, 0.2) is 48.5 Å². The molecular formula is C15H15NO. The summed E-state index contributed by atoms with van der Waals surface area (Å²) in [5.74, 6) is -0.0270. The smallest absolute Gasteiger partial charge is 0.176 e. The highest BCUT2D eigenvalue weighted by molar-refractivity contribution is 5.97. The fourth-order valence-electron chi connectivity index (χ4n) is 1.79. The van der Waals surface area contributed by atoms with E-state index in [-0.39, 0.29) is 12.3 Å². The average molecular weight is 225 g/mol. The molecule has 86 valence electrons. The van der Waals surface area contributed by atoms with Crippen molar-refractivity contribution in [1.82, 2.24) is 0 Å². The van der Waals surface area contributed by atoms with Gasteiger partial charge in [-0.3, -0.25) is 4.79 Å². The van der Waals surface area contributed by atoms with Crippen LogP contribution in [0.1, 0.15) is 15.9 Å². The summed E-state index contributed by atoms with van der Waals surface area (Å²) >= 11 is 0. The van der Waals surface area contributed by atoms with Crippen molar-refractivity contribution in [3.05, 3.63) is 59.7 Å². The Kier molecular flexibility index (Phi) is 3.35. The lowest BCUT2D eigenvalue weighted by molar-refractivity contribution is 0.100. The zero-order chi connectivity index (χ0) is 12.3. The van der Waals surface area contributed by atoms with E-state index in [2.05, 4.69) is 25.1 Å². The zero-order valence-corrected chi connectivity index (χ0v) is 9.81. The molecule has 0 heterocycles. The number of benzene rings is 2. The van der Waals surface area contributed by atoms with Crippen molar-refractivity contribution in [3.63, 3.8) is 0 Å². The lowest BCUT2D eigenvalue weighted by Crippen LogP contribution is -2.13. The minimum Gasteiger partial charge on any atom is -0.324 e. The van der Waals surface area contributed by atoms with Crippen molar-refractivity contribution < 1.29 is 4.79 Å². The number of aryl methyl sites for hydroxylation is 1. The van der Waals surface area contributed by atoms with Gasteiger partial charge in [0.25, 0.3) is 0 Å². The summed E-state index contributed by atoms with van der Waals surface area (Å²) in [6, 6.07) is 15.8. The van der Waals surface area contributed by atoms with Gasteiger partial charge >= 0.3 is 0 Å². The van der Waals surface area contributed by atoms with E-state index in [0.29, 0.717) is 5.56 Å². The Morgan fingerprint density at radius 1 is 1.06 bits per heavy atom. The quantitative estimate of drug-likeness (QED) is 0.816. The molecule has 0 aromatic heterocycles. The molecule has 2 aromatic carbocycles. The fourth-order valence-corrected chi connectivity index (χ4v) is 1.79. The summed E-state index contributed by atoms with van der Waals surface area (Å²) in [4.78, 5) is 11.4. The summed E-state index contributed by atoms with van der Waals surface area (Å²) < 4.78 is 0. The standard InChI is InChI=1S/C15H15NO/c1-11-3-2-4-14(9-11)12-5-7-13(8-6-12)15(17)10-16/h2-9H,10,16H2,1H3. The molecule has 2 nitrogen and oxygen atoms in total. The van der Waals surface area contributed by atoms with Crippen LogP contribution in [0.25, 0.3) is 11.1 Å². The van der Waals surface area contributed by atoms with Gasteiger partial charge in [0.05, 0.1) is 6.54 Å². The minimum absolute atomic E-state index is 0.0270. The number of ketones is 1. The Balaban J connectivity index is 2.32. The third-order valence-corrected chi connectivity index (χ3v) is 2.74. The number of rotatable bonds is 3. The highest BCUT2D eigenvalue weighted by atomic mass is 16.1. The molecule has 0 fully saturated rings. The molecule has 2 rings (SSSR count). The molecule has 0 amide bonds. The predicted molar refractivity (Wildman–Crippen MR) is 70.0 cm³/mol. The highest BCUT2D eigenvalue weighted by Crippen LogP contribution is 2.20. The molecule has 2 heteroatoms. The molecule has 0 aliphatic carbocycles. The second kappa shape index (κ2) is 4.93. The van der Waals surface area contributed by atoms with Crippen LogP contribution in [0.3, 0.4) is 0 Å². The van der Waals surface area contributed by atoms with E-state index in [9.17, 15) is 4.79 Å². The molecule has 2 N–H and O–H groups in total. The summed E-state index contributed by atoms with van der Waals surface area (Å²) in [5.41, 5.74) is 9.50. The molecule has 0 aliphatic rings. The molecule has 0 atom stereocenters. The summed E-state index contributed by atoms with van der Waals surface area (Å²) in [6.07, 6.45) is 0. The third kappa shape index (κ3) is 2.60. The normalized spacial score (nSPS) is 10.2. The summed E-state index contributed by atoms with van der Waals surface area (Å²) in [6.45, 7) is 2.12. The number of carbonyl (C=O) groups excluding carboxylic acids is 1. The van der Waals surface area contributed by atoms with Crippen molar-refractivity contribution in [3.8, 4) is 11.1 Å². The van der Waals surface area contributed by atoms with Gasteiger partial charge < -0.3 is 5.73 Å². The average Bonchev–Trinajstić information content (AvgIpc) is 2.38. The molecule has 0 saturated carbocycles. The van der Waals surface area contributed by atoms with Gasteiger partial charge in [0.15, 0.2) is 5.78 Å². The third-order valence-electron chi connectivity index (χ3n) is 2.74. The van der Waals surface area contributed by atoms with Crippen molar-refractivity contribution in [2.45, 2.75) is 6.92 Å². The van der Waals surface area contributed by atoms with Gasteiger partial charge in [-0.15, -0.1) is 0 Å². The predicted octanol–water partition coefficient (Wildman–Crippen LogP) is 2.80. The van der Waals surface area contributed by atoms with E-state index < -0.39 is 0 Å². The maximum absolute atomic E-state index is 11.4. The van der Waals surface area contributed by atoms with Crippen LogP contribution in [0.4, 0.5) is 0 Å². The van der Waals surface area contributed by atoms with Crippen molar-refractivity contribution in [2.75, 3.05) is 6.54 Å². The van der Waals surface area contributed by atoms with Gasteiger partial charge in [0.2, 0.25) is 0 Å². The number of nitrogens with two attached hydrogens (primary N) is 1. The van der Waals surface area contributed by atoms with Crippen LogP contribution in [-0.4, -0.2) is 12.3 Å². The second-order valence-electron chi connectivity index (χ2n) is 4.07. The Hall–Kier alpha value is -1.93. The molecule has 0 radical (unpaired) electrons. The molecular weight excluding hydrogens is 210 g/mol. The Morgan fingerprint density at radius 3 is 2.35 bits per heavy atom. The van der Waals surface area contributed by atoms with Crippen molar-refractivity contribution in [2.24, 2.45) is 5.73 Å². The Morgan fingerprint density at radius 2 is 1.76 bits per heavy atom. The maximum Gasteiger partial charge on any atom is 0.176 e. The van der Waals surface area contributed by atoms with E-state index >= 15 is 0 Å². The van der Waals surface area contributed by atoms with Gasteiger partial charge in [-0.25, -0.2) is 0 Å². The maximum atomic E-state index is 11.4. The lowest BCUT2D eigenvalue weighted by atomic mass is 10.0. The Bertz CT molecular complexity index is 529. The minimum atomic E-state index is -0.0270. The molecule has 2 aromatic rings. The molecule has 0 saturated heterocycles. The van der Waals surface area contributed by atoms with Crippen LogP contribution in [0.5, 0.6) is 0 Å². The van der Waals surface area contributed by atoms with E-state index in [1.54, 1.807) is 0 Å². The monoisotopic (exact) mass is 225 g/mol. The van der Waals surface area contributed by atoms with Gasteiger partial charge in [0, 0.05) is 5.56 Å². The second-order valence-corrected chi connectivity index (χ2v) is 4.07. The first-order valence-corrected chi connectivity index (χ1v) is 5.61. The van der Waals surface area contributed by atoms with Crippen LogP contribution < -0.4 is 5.73 Å². The zero-order valence-electron chi connectivity index (χ0n) is 9.81. The SMILES string of the molecule is Cc1cccc(-c2ccc(C(=O)CN)cc2)c1. The first kappa shape index (κ1) is 11.6. The summed E-state index contributed by atoms with van der Waals surface area (Å²) in [5, 5.41) is 0. The van der Waals surface area contributed by atoms with Gasteiger partial charge in [-0.05, 0) is 18.1 Å². The number of hydrogen-bond donors (Lipinski definition) is 1. The molecule has 17 heavy (non-hydrogen) atoms. The van der Waals surface area contributed by atoms with Crippen LogP contribution >= 0.6 is 0 Å². The van der Waals surface area contributed by atoms with Gasteiger partial charge in [0.1, 0.15) is 0 Å². The Labute approximate surface area is 101 Å². The van der Waals surface area contributed by atoms with Gasteiger partial charge in [-0.2, -0.15) is 0 Å². The van der Waals surface area contributed by atoms with Crippen LogP contribution in [0.2, 0.25) is 0 Å².